The highest BCUT2D eigenvalue weighted by Gasteiger charge is 2.20. The van der Waals surface area contributed by atoms with Crippen molar-refractivity contribution in [3.8, 4) is 0 Å². The number of carbonyl (C=O) groups is 1. The molecule has 1 heterocycles. The molecule has 1 aliphatic carbocycles. The molecule has 2 N–H and O–H groups in total. The van der Waals surface area contributed by atoms with Crippen molar-refractivity contribution in [1.82, 2.24) is 20.2 Å². The van der Waals surface area contributed by atoms with Gasteiger partial charge < -0.3 is 15.2 Å². The Kier molecular flexibility index (Phi) is 4.97. The van der Waals surface area contributed by atoms with Crippen molar-refractivity contribution in [3.05, 3.63) is 66.0 Å². The number of nitrogens with one attached hydrogen (secondary N) is 2. The van der Waals surface area contributed by atoms with Crippen LogP contribution in [0.2, 0.25) is 0 Å². The summed E-state index contributed by atoms with van der Waals surface area (Å²) in [4.78, 5) is 16.3. The molecule has 3 aromatic rings. The number of para-hydroxylation sites is 2. The van der Waals surface area contributed by atoms with Gasteiger partial charge in [-0.1, -0.05) is 36.4 Å². The first-order chi connectivity index (χ1) is 12.8. The van der Waals surface area contributed by atoms with E-state index in [9.17, 15) is 4.79 Å². The number of fused-ring (bicyclic) bond motifs is 1. The Balaban J connectivity index is 1.28. The van der Waals surface area contributed by atoms with Gasteiger partial charge >= 0.3 is 0 Å². The highest BCUT2D eigenvalue weighted by atomic mass is 16.1. The average Bonchev–Trinajstić information content (AvgIpc) is 3.41. The van der Waals surface area contributed by atoms with Gasteiger partial charge in [0.1, 0.15) is 0 Å². The lowest BCUT2D eigenvalue weighted by molar-refractivity contribution is -0.120. The number of amides is 1. The molecule has 1 saturated carbocycles. The number of rotatable bonds is 8. The van der Waals surface area contributed by atoms with Crippen LogP contribution in [0.25, 0.3) is 11.0 Å². The van der Waals surface area contributed by atoms with Gasteiger partial charge in [-0.25, -0.2) is 4.98 Å². The van der Waals surface area contributed by atoms with Gasteiger partial charge in [0.15, 0.2) is 0 Å². The zero-order valence-corrected chi connectivity index (χ0v) is 14.8. The lowest BCUT2D eigenvalue weighted by atomic mass is 10.1. The molecule has 1 aromatic heterocycles. The van der Waals surface area contributed by atoms with Crippen LogP contribution in [0.4, 0.5) is 0 Å². The monoisotopic (exact) mass is 348 g/mol. The second-order valence-electron chi connectivity index (χ2n) is 7.03. The summed E-state index contributed by atoms with van der Waals surface area (Å²) in [6.45, 7) is 2.73. The van der Waals surface area contributed by atoms with Crippen LogP contribution in [0, 0.1) is 5.92 Å². The molecule has 134 valence electrons. The fraction of sp³-hybridized carbons (Fsp3) is 0.333. The first-order valence-electron chi connectivity index (χ1n) is 9.23. The van der Waals surface area contributed by atoms with Crippen molar-refractivity contribution in [3.63, 3.8) is 0 Å². The molecule has 1 aliphatic rings. The van der Waals surface area contributed by atoms with Gasteiger partial charge in [-0.3, -0.25) is 4.79 Å². The van der Waals surface area contributed by atoms with Gasteiger partial charge in [0.05, 0.1) is 23.9 Å². The Labute approximate surface area is 153 Å². The fourth-order valence-electron chi connectivity index (χ4n) is 3.07. The van der Waals surface area contributed by atoms with Crippen molar-refractivity contribution in [1.29, 1.82) is 0 Å². The third-order valence-corrected chi connectivity index (χ3v) is 4.81. The number of nitrogens with zero attached hydrogens (tertiary/aromatic N) is 2. The number of aromatic nitrogens is 2. The van der Waals surface area contributed by atoms with Crippen molar-refractivity contribution in [2.24, 2.45) is 5.92 Å². The third-order valence-electron chi connectivity index (χ3n) is 4.81. The van der Waals surface area contributed by atoms with E-state index in [4.69, 9.17) is 0 Å². The molecule has 0 radical (unpaired) electrons. The molecule has 0 bridgehead atoms. The molecule has 0 aliphatic heterocycles. The molecule has 0 atom stereocenters. The Morgan fingerprint density at radius 2 is 1.85 bits per heavy atom. The van der Waals surface area contributed by atoms with E-state index < -0.39 is 0 Å². The molecule has 1 amide bonds. The van der Waals surface area contributed by atoms with Crippen LogP contribution >= 0.6 is 0 Å². The van der Waals surface area contributed by atoms with E-state index in [1.807, 2.05) is 24.5 Å². The maximum atomic E-state index is 11.8. The number of carbonyl (C=O) groups excluding carboxylic acids is 1. The van der Waals surface area contributed by atoms with Crippen molar-refractivity contribution in [2.75, 3.05) is 13.1 Å². The molecule has 26 heavy (non-hydrogen) atoms. The Morgan fingerprint density at radius 1 is 1.08 bits per heavy atom. The SMILES string of the molecule is O=C(CNCC1CC1)NCc1ccc(Cn2cnc3ccccc32)cc1. The first kappa shape index (κ1) is 16.8. The smallest absolute Gasteiger partial charge is 0.234 e. The molecule has 1 fully saturated rings. The van der Waals surface area contributed by atoms with Gasteiger partial charge in [-0.05, 0) is 48.6 Å². The highest BCUT2D eigenvalue weighted by molar-refractivity contribution is 5.78. The second-order valence-corrected chi connectivity index (χ2v) is 7.03. The van der Waals surface area contributed by atoms with Crippen LogP contribution in [0.15, 0.2) is 54.9 Å². The van der Waals surface area contributed by atoms with E-state index in [1.165, 1.54) is 18.4 Å². The first-order valence-corrected chi connectivity index (χ1v) is 9.23. The molecule has 0 unspecified atom stereocenters. The van der Waals surface area contributed by atoms with Gasteiger partial charge in [0.25, 0.3) is 0 Å². The summed E-state index contributed by atoms with van der Waals surface area (Å²) in [6, 6.07) is 16.5. The van der Waals surface area contributed by atoms with E-state index in [0.717, 1.165) is 35.6 Å². The number of benzene rings is 2. The number of hydrogen-bond donors (Lipinski definition) is 2. The molecule has 5 nitrogen and oxygen atoms in total. The molecule has 0 saturated heterocycles. The minimum atomic E-state index is 0.0552. The zero-order chi connectivity index (χ0) is 17.8. The Morgan fingerprint density at radius 3 is 2.65 bits per heavy atom. The zero-order valence-electron chi connectivity index (χ0n) is 14.8. The van der Waals surface area contributed by atoms with Crippen LogP contribution in [-0.2, 0) is 17.9 Å². The molecule has 4 rings (SSSR count). The topological polar surface area (TPSA) is 59.0 Å². The Hall–Kier alpha value is -2.66. The molecular formula is C21H24N4O. The maximum absolute atomic E-state index is 11.8. The maximum Gasteiger partial charge on any atom is 0.234 e. The summed E-state index contributed by atoms with van der Waals surface area (Å²) in [5, 5.41) is 6.18. The lowest BCUT2D eigenvalue weighted by Crippen LogP contribution is -2.34. The quantitative estimate of drug-likeness (QED) is 0.658. The summed E-state index contributed by atoms with van der Waals surface area (Å²) < 4.78 is 2.15. The summed E-state index contributed by atoms with van der Waals surface area (Å²) >= 11 is 0. The number of hydrogen-bond acceptors (Lipinski definition) is 3. The second kappa shape index (κ2) is 7.70. The third kappa shape index (κ3) is 4.29. The summed E-state index contributed by atoms with van der Waals surface area (Å²) in [5.41, 5.74) is 4.48. The molecule has 0 spiro atoms. The average molecular weight is 348 g/mol. The van der Waals surface area contributed by atoms with Crippen LogP contribution in [0.3, 0.4) is 0 Å². The van der Waals surface area contributed by atoms with Crippen LogP contribution < -0.4 is 10.6 Å². The standard InChI is InChI=1S/C21H24N4O/c26-21(13-22-11-16-5-6-16)23-12-17-7-9-18(10-8-17)14-25-15-24-19-3-1-2-4-20(19)25/h1-4,7-10,15-16,22H,5-6,11-14H2,(H,23,26). The van der Waals surface area contributed by atoms with Crippen molar-refractivity contribution < 1.29 is 4.79 Å². The largest absolute Gasteiger partial charge is 0.351 e. The predicted octanol–water partition coefficient (Wildman–Crippen LogP) is 2.70. The van der Waals surface area contributed by atoms with Gasteiger partial charge in [0.2, 0.25) is 5.91 Å². The predicted molar refractivity (Wildman–Crippen MR) is 103 cm³/mol. The highest BCUT2D eigenvalue weighted by Crippen LogP contribution is 2.27. The van der Waals surface area contributed by atoms with Gasteiger partial charge in [0, 0.05) is 13.1 Å². The molecule has 2 aromatic carbocycles. The van der Waals surface area contributed by atoms with E-state index in [1.54, 1.807) is 0 Å². The minimum Gasteiger partial charge on any atom is -0.351 e. The van der Waals surface area contributed by atoms with Crippen LogP contribution in [0.5, 0.6) is 0 Å². The fourth-order valence-corrected chi connectivity index (χ4v) is 3.07. The summed E-state index contributed by atoms with van der Waals surface area (Å²) in [5.74, 6) is 0.850. The minimum absolute atomic E-state index is 0.0552. The van der Waals surface area contributed by atoms with E-state index in [0.29, 0.717) is 13.1 Å². The van der Waals surface area contributed by atoms with Crippen LogP contribution in [-0.4, -0.2) is 28.5 Å². The molecular weight excluding hydrogens is 324 g/mol. The Bertz CT molecular complexity index is 880. The summed E-state index contributed by atoms with van der Waals surface area (Å²) in [7, 11) is 0. The van der Waals surface area contributed by atoms with Crippen molar-refractivity contribution in [2.45, 2.75) is 25.9 Å². The summed E-state index contributed by atoms with van der Waals surface area (Å²) in [6.07, 6.45) is 4.49. The van der Waals surface area contributed by atoms with E-state index in [2.05, 4.69) is 50.5 Å². The molecule has 5 heteroatoms. The van der Waals surface area contributed by atoms with Gasteiger partial charge in [-0.2, -0.15) is 0 Å². The lowest BCUT2D eigenvalue weighted by Gasteiger charge is -2.08. The van der Waals surface area contributed by atoms with Crippen molar-refractivity contribution >= 4 is 16.9 Å². The van der Waals surface area contributed by atoms with Crippen LogP contribution in [0.1, 0.15) is 24.0 Å². The van der Waals surface area contributed by atoms with E-state index in [-0.39, 0.29) is 5.91 Å². The number of imidazole rings is 1. The normalized spacial score (nSPS) is 13.8. The van der Waals surface area contributed by atoms with Gasteiger partial charge in [-0.15, -0.1) is 0 Å². The van der Waals surface area contributed by atoms with E-state index >= 15 is 0 Å².